The van der Waals surface area contributed by atoms with Crippen LogP contribution in [0.15, 0.2) is 27.0 Å². The highest BCUT2D eigenvalue weighted by Crippen LogP contribution is 1.92. The van der Waals surface area contributed by atoms with Crippen LogP contribution >= 0.6 is 0 Å². The summed E-state index contributed by atoms with van der Waals surface area (Å²) >= 11 is 0. The molecule has 2 rings (SSSR count). The Morgan fingerprint density at radius 3 is 2.73 bits per heavy atom. The lowest BCUT2D eigenvalue weighted by Gasteiger charge is -1.74. The molecule has 0 aliphatic carbocycles. The lowest BCUT2D eigenvalue weighted by atomic mass is 10.3. The third-order valence-electron chi connectivity index (χ3n) is 1.25. The highest BCUT2D eigenvalue weighted by molar-refractivity contribution is 7.88. The third-order valence-corrected chi connectivity index (χ3v) is 2.10. The highest BCUT2D eigenvalue weighted by Gasteiger charge is 2.09. The number of nitrogens with zero attached hydrogens (tertiary/aromatic N) is 2. The third kappa shape index (κ3) is 1.03. The second kappa shape index (κ2) is 1.88. The van der Waals surface area contributed by atoms with E-state index in [2.05, 4.69) is 14.9 Å². The minimum Gasteiger partial charge on any atom is -0.179 e. The van der Waals surface area contributed by atoms with Crippen LogP contribution in [-0.4, -0.2) is 8.42 Å². The van der Waals surface area contributed by atoms with Gasteiger partial charge in [-0.3, -0.25) is 0 Å². The van der Waals surface area contributed by atoms with Gasteiger partial charge in [-0.25, -0.2) is 0 Å². The number of rotatable bonds is 0. The molecule has 11 heavy (non-hydrogen) atoms. The first-order valence-corrected chi connectivity index (χ1v) is 4.28. The van der Waals surface area contributed by atoms with Gasteiger partial charge < -0.3 is 0 Å². The summed E-state index contributed by atoms with van der Waals surface area (Å²) in [5, 5.41) is 0.760. The summed E-state index contributed by atoms with van der Waals surface area (Å²) in [6.45, 7) is 0. The molecule has 1 heterocycles. The average Bonchev–Trinajstić information content (AvgIpc) is 2.21. The molecule has 0 aromatic heterocycles. The number of hydrogen-bond donors (Lipinski definition) is 0. The second-order valence-corrected chi connectivity index (χ2v) is 3.31. The summed E-state index contributed by atoms with van der Waals surface area (Å²) in [4.78, 5) is 0. The predicted octanol–water partition coefficient (Wildman–Crippen LogP) is -1.02. The molecule has 5 heteroatoms. The van der Waals surface area contributed by atoms with Gasteiger partial charge in [0.1, 0.15) is 10.7 Å². The fraction of sp³-hybridized carbons (Fsp3) is 0. The number of fused-ring (bicyclic) bond motifs is 1. The molecule has 1 aromatic carbocycles. The van der Waals surface area contributed by atoms with E-state index in [1.165, 1.54) is 6.07 Å². The first kappa shape index (κ1) is 6.48. The minimum atomic E-state index is -3.58. The number of hydrogen-bond acceptors (Lipinski definition) is 2. The lowest BCUT2D eigenvalue weighted by molar-refractivity contribution is 0.599. The Morgan fingerprint density at radius 1 is 1.27 bits per heavy atom. The molecule has 1 aliphatic rings. The zero-order valence-corrected chi connectivity index (χ0v) is 6.17. The van der Waals surface area contributed by atoms with E-state index < -0.39 is 10.2 Å². The molecular formula is C6H3N2O2S. The zero-order chi connectivity index (χ0) is 7.90. The SMILES string of the molecule is O=S1(=O)N=c2c[c]ccc2=N1. The van der Waals surface area contributed by atoms with Crippen LogP contribution in [0, 0.1) is 6.07 Å². The molecule has 55 valence electrons. The first-order chi connectivity index (χ1) is 5.17. The predicted molar refractivity (Wildman–Crippen MR) is 36.5 cm³/mol. The maximum Gasteiger partial charge on any atom is 0.364 e. The molecule has 0 fully saturated rings. The van der Waals surface area contributed by atoms with E-state index in [4.69, 9.17) is 0 Å². The molecule has 0 N–H and O–H groups in total. The maximum absolute atomic E-state index is 10.7. The van der Waals surface area contributed by atoms with Gasteiger partial charge in [-0.15, -0.1) is 8.80 Å². The fourth-order valence-electron chi connectivity index (χ4n) is 0.833. The standard InChI is InChI=1S/C6H3N2O2S/c9-11(10)7-5-3-1-2-4-6(5)8-11/h1,3-4H. The van der Waals surface area contributed by atoms with Crippen LogP contribution in [-0.2, 0) is 10.2 Å². The first-order valence-electron chi connectivity index (χ1n) is 2.88. The highest BCUT2D eigenvalue weighted by atomic mass is 32.2. The monoisotopic (exact) mass is 167 g/mol. The van der Waals surface area contributed by atoms with Crippen LogP contribution < -0.4 is 10.7 Å². The molecular weight excluding hydrogens is 164 g/mol. The molecule has 0 bridgehead atoms. The zero-order valence-electron chi connectivity index (χ0n) is 5.35. The Hall–Kier alpha value is -1.23. The summed E-state index contributed by atoms with van der Waals surface area (Å²) < 4.78 is 28.2. The van der Waals surface area contributed by atoms with Gasteiger partial charge in [0.2, 0.25) is 0 Å². The van der Waals surface area contributed by atoms with Gasteiger partial charge in [-0.05, 0) is 18.2 Å². The Morgan fingerprint density at radius 2 is 2.00 bits per heavy atom. The van der Waals surface area contributed by atoms with Gasteiger partial charge in [0.05, 0.1) is 0 Å². The van der Waals surface area contributed by atoms with Gasteiger partial charge >= 0.3 is 10.2 Å². The van der Waals surface area contributed by atoms with Gasteiger partial charge in [-0.2, -0.15) is 8.42 Å². The Balaban J connectivity index is 3.03. The molecule has 1 radical (unpaired) electrons. The van der Waals surface area contributed by atoms with Gasteiger partial charge in [0.15, 0.2) is 0 Å². The normalized spacial score (nSPS) is 18.2. The van der Waals surface area contributed by atoms with Crippen molar-refractivity contribution in [3.05, 3.63) is 35.0 Å². The molecule has 0 atom stereocenters. The van der Waals surface area contributed by atoms with Gasteiger partial charge in [0.25, 0.3) is 0 Å². The fourth-order valence-corrected chi connectivity index (χ4v) is 1.67. The topological polar surface area (TPSA) is 58.9 Å². The van der Waals surface area contributed by atoms with Crippen LogP contribution in [0.2, 0.25) is 0 Å². The largest absolute Gasteiger partial charge is 0.364 e. The van der Waals surface area contributed by atoms with Crippen molar-refractivity contribution in [3.8, 4) is 0 Å². The quantitative estimate of drug-likeness (QED) is 0.496. The van der Waals surface area contributed by atoms with Crippen molar-refractivity contribution in [3.63, 3.8) is 0 Å². The summed E-state index contributed by atoms with van der Waals surface area (Å²) in [5.41, 5.74) is 0. The summed E-state index contributed by atoms with van der Waals surface area (Å²) in [5.74, 6) is 0. The minimum absolute atomic E-state index is 0.368. The van der Waals surface area contributed by atoms with Gasteiger partial charge in [-0.1, -0.05) is 6.07 Å². The van der Waals surface area contributed by atoms with Crippen LogP contribution in [0.25, 0.3) is 0 Å². The van der Waals surface area contributed by atoms with Crippen molar-refractivity contribution < 1.29 is 8.42 Å². The molecule has 0 saturated heterocycles. The average molecular weight is 167 g/mol. The molecule has 0 spiro atoms. The van der Waals surface area contributed by atoms with E-state index in [0.717, 1.165) is 0 Å². The van der Waals surface area contributed by atoms with E-state index in [1.807, 2.05) is 0 Å². The molecule has 0 amide bonds. The van der Waals surface area contributed by atoms with Gasteiger partial charge in [0, 0.05) is 0 Å². The molecule has 1 aromatic rings. The van der Waals surface area contributed by atoms with Crippen LogP contribution in [0.4, 0.5) is 0 Å². The van der Waals surface area contributed by atoms with Crippen molar-refractivity contribution in [2.24, 2.45) is 8.80 Å². The van der Waals surface area contributed by atoms with Crippen molar-refractivity contribution in [1.29, 1.82) is 0 Å². The van der Waals surface area contributed by atoms with E-state index in [0.29, 0.717) is 10.7 Å². The van der Waals surface area contributed by atoms with Crippen molar-refractivity contribution >= 4 is 10.2 Å². The van der Waals surface area contributed by atoms with Crippen LogP contribution in [0.5, 0.6) is 0 Å². The lowest BCUT2D eigenvalue weighted by Crippen LogP contribution is -2.19. The maximum atomic E-state index is 10.7. The summed E-state index contributed by atoms with van der Waals surface area (Å²) in [6.07, 6.45) is 0. The van der Waals surface area contributed by atoms with Crippen molar-refractivity contribution in [1.82, 2.24) is 0 Å². The van der Waals surface area contributed by atoms with E-state index in [-0.39, 0.29) is 0 Å². The molecule has 1 aliphatic heterocycles. The molecule has 0 unspecified atom stereocenters. The van der Waals surface area contributed by atoms with Crippen molar-refractivity contribution in [2.75, 3.05) is 0 Å². The summed E-state index contributed by atoms with van der Waals surface area (Å²) in [7, 11) is -3.58. The Labute approximate surface area is 63.1 Å². The van der Waals surface area contributed by atoms with E-state index in [9.17, 15) is 8.42 Å². The smallest absolute Gasteiger partial charge is 0.179 e. The van der Waals surface area contributed by atoms with E-state index in [1.54, 1.807) is 12.1 Å². The van der Waals surface area contributed by atoms with Crippen LogP contribution in [0.3, 0.4) is 0 Å². The van der Waals surface area contributed by atoms with Crippen LogP contribution in [0.1, 0.15) is 0 Å². The molecule has 4 nitrogen and oxygen atoms in total. The molecule has 0 saturated carbocycles. The van der Waals surface area contributed by atoms with Crippen molar-refractivity contribution in [2.45, 2.75) is 0 Å². The summed E-state index contributed by atoms with van der Waals surface area (Å²) in [6, 6.07) is 7.36. The Bertz CT molecular complexity index is 463. The number of benzene rings is 1. The van der Waals surface area contributed by atoms with E-state index >= 15 is 0 Å². The Kier molecular flexibility index (Phi) is 1.11. The second-order valence-electron chi connectivity index (χ2n) is 2.05.